The molecule has 1 aromatic rings. The van der Waals surface area contributed by atoms with Crippen LogP contribution in [-0.2, 0) is 5.41 Å². The summed E-state index contributed by atoms with van der Waals surface area (Å²) in [6, 6.07) is 3.67. The van der Waals surface area contributed by atoms with Crippen molar-refractivity contribution in [1.82, 2.24) is 0 Å². The maximum atomic E-state index is 14.8. The van der Waals surface area contributed by atoms with Crippen LogP contribution in [0.5, 0.6) is 0 Å². The summed E-state index contributed by atoms with van der Waals surface area (Å²) in [5.74, 6) is 1.49. The van der Waals surface area contributed by atoms with Crippen molar-refractivity contribution in [3.63, 3.8) is 0 Å². The molecule has 156 valence electrons. The van der Waals surface area contributed by atoms with Crippen LogP contribution in [0.25, 0.3) is 0 Å². The Balaban J connectivity index is 1.56. The number of allylic oxidation sites excluding steroid dienone is 1. The number of benzene rings is 1. The molecule has 0 N–H and O–H groups in total. The molecule has 0 unspecified atom stereocenters. The van der Waals surface area contributed by atoms with E-state index < -0.39 is 11.6 Å². The molecule has 0 radical (unpaired) electrons. The summed E-state index contributed by atoms with van der Waals surface area (Å²) < 4.78 is 29.4. The van der Waals surface area contributed by atoms with Gasteiger partial charge in [-0.05, 0) is 91.6 Å². The molecule has 0 aromatic heterocycles. The van der Waals surface area contributed by atoms with Gasteiger partial charge in [-0.25, -0.2) is 8.78 Å². The van der Waals surface area contributed by atoms with Gasteiger partial charge in [-0.2, -0.15) is 0 Å². The van der Waals surface area contributed by atoms with Crippen molar-refractivity contribution in [3.05, 3.63) is 47.5 Å². The molecular weight excluding hydrogens is 350 g/mol. The third kappa shape index (κ3) is 4.86. The second kappa shape index (κ2) is 9.09. The van der Waals surface area contributed by atoms with Crippen LogP contribution in [0.15, 0.2) is 24.8 Å². The molecule has 1 aromatic carbocycles. The molecule has 0 heterocycles. The van der Waals surface area contributed by atoms with Gasteiger partial charge < -0.3 is 0 Å². The van der Waals surface area contributed by atoms with Gasteiger partial charge in [-0.15, -0.1) is 6.58 Å². The molecule has 2 heteroatoms. The third-order valence-corrected chi connectivity index (χ3v) is 7.47. The maximum Gasteiger partial charge on any atom is 0.162 e. The van der Waals surface area contributed by atoms with Crippen molar-refractivity contribution in [1.29, 1.82) is 0 Å². The third-order valence-electron chi connectivity index (χ3n) is 7.47. The van der Waals surface area contributed by atoms with E-state index in [4.69, 9.17) is 0 Å². The van der Waals surface area contributed by atoms with Crippen molar-refractivity contribution in [2.75, 3.05) is 0 Å². The van der Waals surface area contributed by atoms with Gasteiger partial charge >= 0.3 is 0 Å². The average molecular weight is 389 g/mol. The van der Waals surface area contributed by atoms with E-state index in [-0.39, 0.29) is 11.3 Å². The largest absolute Gasteiger partial charge is 0.203 e. The van der Waals surface area contributed by atoms with Crippen LogP contribution in [0, 0.1) is 29.4 Å². The van der Waals surface area contributed by atoms with E-state index in [0.717, 1.165) is 37.0 Å². The molecule has 0 bridgehead atoms. The highest BCUT2D eigenvalue weighted by molar-refractivity contribution is 5.33. The Morgan fingerprint density at radius 1 is 0.893 bits per heavy atom. The minimum atomic E-state index is -0.634. The fraction of sp³-hybridized carbons (Fsp3) is 0.692. The summed E-state index contributed by atoms with van der Waals surface area (Å²) >= 11 is 0. The van der Waals surface area contributed by atoms with Crippen LogP contribution in [-0.4, -0.2) is 0 Å². The second-order valence-electron chi connectivity index (χ2n) is 10.3. The normalized spacial score (nSPS) is 28.9. The molecule has 0 saturated heterocycles. The number of hydrogen-bond acceptors (Lipinski definition) is 0. The first kappa shape index (κ1) is 21.5. The van der Waals surface area contributed by atoms with Gasteiger partial charge in [0.1, 0.15) is 0 Å². The minimum Gasteiger partial charge on any atom is -0.203 e. The average Bonchev–Trinajstić information content (AvgIpc) is 2.68. The van der Waals surface area contributed by atoms with Gasteiger partial charge in [0, 0.05) is 0 Å². The molecule has 0 atom stereocenters. The highest BCUT2D eigenvalue weighted by Crippen LogP contribution is 2.45. The van der Waals surface area contributed by atoms with Crippen LogP contribution in [0.4, 0.5) is 8.78 Å². The number of rotatable bonds is 5. The van der Waals surface area contributed by atoms with Crippen molar-refractivity contribution < 1.29 is 8.78 Å². The van der Waals surface area contributed by atoms with Gasteiger partial charge in [0.05, 0.1) is 0 Å². The molecule has 2 aliphatic rings. The lowest BCUT2D eigenvalue weighted by Crippen LogP contribution is -2.26. The van der Waals surface area contributed by atoms with E-state index in [1.165, 1.54) is 44.9 Å². The molecule has 0 nitrogen and oxygen atoms in total. The van der Waals surface area contributed by atoms with Gasteiger partial charge in [0.25, 0.3) is 0 Å². The van der Waals surface area contributed by atoms with Crippen LogP contribution >= 0.6 is 0 Å². The highest BCUT2D eigenvalue weighted by Gasteiger charge is 2.33. The first-order valence-electron chi connectivity index (χ1n) is 11.4. The van der Waals surface area contributed by atoms with E-state index in [1.807, 2.05) is 39.0 Å². The standard InChI is InChI=1S/C26H38F2/c1-5-6-7-18-8-10-19(11-9-18)20-12-14-21(15-13-20)22-16-17-23(26(2,3)4)25(28)24(22)27/h5,16-21H,1,6-15H2,2-4H3. The molecule has 2 saturated carbocycles. The van der Waals surface area contributed by atoms with Gasteiger partial charge in [-0.3, -0.25) is 0 Å². The molecule has 0 amide bonds. The predicted molar refractivity (Wildman–Crippen MR) is 115 cm³/mol. The highest BCUT2D eigenvalue weighted by atomic mass is 19.2. The van der Waals surface area contributed by atoms with E-state index in [0.29, 0.717) is 11.1 Å². The Bertz CT molecular complexity index is 654. The Hall–Kier alpha value is -1.18. The topological polar surface area (TPSA) is 0 Å². The zero-order valence-electron chi connectivity index (χ0n) is 18.1. The number of hydrogen-bond donors (Lipinski definition) is 0. The van der Waals surface area contributed by atoms with Crippen molar-refractivity contribution in [2.24, 2.45) is 17.8 Å². The van der Waals surface area contributed by atoms with Crippen molar-refractivity contribution >= 4 is 0 Å². The second-order valence-corrected chi connectivity index (χ2v) is 10.3. The molecular formula is C26H38F2. The van der Waals surface area contributed by atoms with E-state index in [9.17, 15) is 8.78 Å². The molecule has 3 rings (SSSR count). The Morgan fingerprint density at radius 3 is 2.00 bits per heavy atom. The molecule has 0 spiro atoms. The smallest absolute Gasteiger partial charge is 0.162 e. The monoisotopic (exact) mass is 388 g/mol. The summed E-state index contributed by atoms with van der Waals surface area (Å²) in [6.45, 7) is 9.64. The summed E-state index contributed by atoms with van der Waals surface area (Å²) in [4.78, 5) is 0. The fourth-order valence-corrected chi connectivity index (χ4v) is 5.66. The lowest BCUT2D eigenvalue weighted by Gasteiger charge is -2.38. The first-order chi connectivity index (χ1) is 13.3. The van der Waals surface area contributed by atoms with Crippen LogP contribution in [0.1, 0.15) is 102 Å². The molecule has 2 aliphatic carbocycles. The summed E-state index contributed by atoms with van der Waals surface area (Å²) in [5, 5.41) is 0. The predicted octanol–water partition coefficient (Wildman–Crippen LogP) is 8.31. The van der Waals surface area contributed by atoms with E-state index in [2.05, 4.69) is 6.58 Å². The minimum absolute atomic E-state index is 0.184. The van der Waals surface area contributed by atoms with Gasteiger partial charge in [0.15, 0.2) is 11.6 Å². The molecule has 0 aliphatic heterocycles. The Kier molecular flexibility index (Phi) is 6.99. The maximum absolute atomic E-state index is 14.8. The van der Waals surface area contributed by atoms with Crippen LogP contribution < -0.4 is 0 Å². The van der Waals surface area contributed by atoms with Gasteiger partial charge in [0.2, 0.25) is 0 Å². The summed E-state index contributed by atoms with van der Waals surface area (Å²) in [5.41, 5.74) is 0.721. The van der Waals surface area contributed by atoms with Gasteiger partial charge in [-0.1, -0.05) is 51.8 Å². The van der Waals surface area contributed by atoms with Crippen LogP contribution in [0.2, 0.25) is 0 Å². The first-order valence-corrected chi connectivity index (χ1v) is 11.4. The lowest BCUT2D eigenvalue weighted by molar-refractivity contribution is 0.156. The lowest BCUT2D eigenvalue weighted by atomic mass is 9.68. The Labute approximate surface area is 170 Å². The zero-order valence-corrected chi connectivity index (χ0v) is 18.1. The molecule has 28 heavy (non-hydrogen) atoms. The molecule has 2 fully saturated rings. The zero-order chi connectivity index (χ0) is 20.3. The van der Waals surface area contributed by atoms with Crippen molar-refractivity contribution in [3.8, 4) is 0 Å². The van der Waals surface area contributed by atoms with E-state index >= 15 is 0 Å². The van der Waals surface area contributed by atoms with Crippen molar-refractivity contribution in [2.45, 2.75) is 96.3 Å². The summed E-state index contributed by atoms with van der Waals surface area (Å²) in [7, 11) is 0. The van der Waals surface area contributed by atoms with E-state index in [1.54, 1.807) is 0 Å². The number of halogens is 2. The fourth-order valence-electron chi connectivity index (χ4n) is 5.66. The van der Waals surface area contributed by atoms with Crippen LogP contribution in [0.3, 0.4) is 0 Å². The quantitative estimate of drug-likeness (QED) is 0.445. The Morgan fingerprint density at radius 2 is 1.46 bits per heavy atom. The SMILES string of the molecule is C=CCCC1CCC(C2CCC(c3ccc(C(C)(C)C)c(F)c3F)CC2)CC1. The summed E-state index contributed by atoms with van der Waals surface area (Å²) in [6.07, 6.45) is 14.3.